The molecule has 5 rings (SSSR count). The zero-order valence-corrected chi connectivity index (χ0v) is 17.6. The van der Waals surface area contributed by atoms with Crippen LogP contribution < -0.4 is 4.90 Å². The highest BCUT2D eigenvalue weighted by Crippen LogP contribution is 2.33. The number of rotatable bonds is 3. The summed E-state index contributed by atoms with van der Waals surface area (Å²) in [6.07, 6.45) is 0.145. The minimum atomic E-state index is -4.84. The Balaban J connectivity index is 1.35. The highest BCUT2D eigenvalue weighted by atomic mass is 19.4. The molecule has 1 fully saturated rings. The quantitative estimate of drug-likeness (QED) is 0.427. The van der Waals surface area contributed by atoms with Gasteiger partial charge in [0.2, 0.25) is 5.95 Å². The second kappa shape index (κ2) is 8.36. The Hall–Kier alpha value is -4.09. The van der Waals surface area contributed by atoms with E-state index in [4.69, 9.17) is 0 Å². The first kappa shape index (κ1) is 21.7. The van der Waals surface area contributed by atoms with Gasteiger partial charge in [-0.3, -0.25) is 9.78 Å². The van der Waals surface area contributed by atoms with Gasteiger partial charge in [0.15, 0.2) is 0 Å². The number of carbonyl (C=O) groups is 1. The third-order valence-corrected chi connectivity index (χ3v) is 5.55. The molecule has 174 valence electrons. The van der Waals surface area contributed by atoms with E-state index in [0.29, 0.717) is 30.9 Å². The molecule has 0 spiro atoms. The Morgan fingerprint density at radius 1 is 1.00 bits per heavy atom. The second-order valence-corrected chi connectivity index (χ2v) is 7.66. The van der Waals surface area contributed by atoms with Crippen molar-refractivity contribution in [3.8, 4) is 11.3 Å². The van der Waals surface area contributed by atoms with Crippen molar-refractivity contribution in [1.29, 1.82) is 0 Å². The number of hydrogen-bond acceptors (Lipinski definition) is 6. The van der Waals surface area contributed by atoms with E-state index in [1.807, 2.05) is 11.0 Å². The van der Waals surface area contributed by atoms with Crippen LogP contribution in [0.2, 0.25) is 0 Å². The predicted molar refractivity (Wildman–Crippen MR) is 114 cm³/mol. The molecule has 0 unspecified atom stereocenters. The van der Waals surface area contributed by atoms with Gasteiger partial charge in [-0.1, -0.05) is 0 Å². The molecule has 4 heterocycles. The first-order chi connectivity index (χ1) is 16.3. The summed E-state index contributed by atoms with van der Waals surface area (Å²) in [7, 11) is 0. The maximum Gasteiger partial charge on any atom is 0.417 e. The van der Waals surface area contributed by atoms with E-state index >= 15 is 0 Å². The lowest BCUT2D eigenvalue weighted by Gasteiger charge is -2.34. The number of piperazine rings is 1. The summed E-state index contributed by atoms with van der Waals surface area (Å²) in [6, 6.07) is 7.56. The van der Waals surface area contributed by atoms with E-state index in [-0.39, 0.29) is 13.1 Å². The topological polar surface area (TPSA) is 79.5 Å². The number of alkyl halides is 3. The summed E-state index contributed by atoms with van der Waals surface area (Å²) in [5.41, 5.74) is -0.266. The summed E-state index contributed by atoms with van der Waals surface area (Å²) in [5, 5.41) is 4.54. The molecule has 8 nitrogen and oxygen atoms in total. The summed E-state index contributed by atoms with van der Waals surface area (Å²) in [6.45, 7) is 0.943. The molecule has 1 aliphatic rings. The van der Waals surface area contributed by atoms with Crippen LogP contribution in [0.15, 0.2) is 55.0 Å². The van der Waals surface area contributed by atoms with E-state index < -0.39 is 29.0 Å². The Morgan fingerprint density at radius 3 is 2.50 bits per heavy atom. The van der Waals surface area contributed by atoms with E-state index in [2.05, 4.69) is 20.1 Å². The van der Waals surface area contributed by atoms with Crippen LogP contribution in [0.3, 0.4) is 0 Å². The first-order valence-electron chi connectivity index (χ1n) is 10.3. The minimum absolute atomic E-state index is 0.159. The average molecular weight is 471 g/mol. The van der Waals surface area contributed by atoms with Crippen LogP contribution in [0.4, 0.5) is 23.5 Å². The Labute approximate surface area is 190 Å². The molecule has 1 aliphatic heterocycles. The summed E-state index contributed by atoms with van der Waals surface area (Å²) in [4.78, 5) is 28.8. The predicted octanol–water partition coefficient (Wildman–Crippen LogP) is 3.31. The number of aromatic nitrogens is 5. The molecule has 4 aromatic rings. The molecule has 0 N–H and O–H groups in total. The Kier molecular flexibility index (Phi) is 5.34. The molecule has 3 aromatic heterocycles. The lowest BCUT2D eigenvalue weighted by Crippen LogP contribution is -2.49. The molecule has 0 radical (unpaired) electrons. The van der Waals surface area contributed by atoms with Gasteiger partial charge in [0.25, 0.3) is 11.7 Å². The molecular weight excluding hydrogens is 454 g/mol. The van der Waals surface area contributed by atoms with Crippen LogP contribution in [-0.4, -0.2) is 61.6 Å². The van der Waals surface area contributed by atoms with Crippen LogP contribution in [0.1, 0.15) is 15.9 Å². The lowest BCUT2D eigenvalue weighted by molar-refractivity contribution is -0.138. The molecule has 1 saturated heterocycles. The van der Waals surface area contributed by atoms with Crippen LogP contribution >= 0.6 is 0 Å². The fraction of sp³-hybridized carbons (Fsp3) is 0.227. The average Bonchev–Trinajstić information content (AvgIpc) is 3.28. The largest absolute Gasteiger partial charge is 0.417 e. The number of halogens is 4. The van der Waals surface area contributed by atoms with Crippen LogP contribution in [0.5, 0.6) is 0 Å². The summed E-state index contributed by atoms with van der Waals surface area (Å²) in [5.74, 6) is -1.06. The molecule has 0 aliphatic carbocycles. The standard InChI is InChI=1S/C22H17F4N7O/c23-15-3-4-16(17(12-15)22(24,25)26)19(34)31-8-10-32(11-9-31)21-29-20-28-7-5-18(33(20)30-21)14-2-1-6-27-13-14/h1-7,12-13H,8-11H2. The lowest BCUT2D eigenvalue weighted by atomic mass is 10.0. The van der Waals surface area contributed by atoms with Gasteiger partial charge in [0.1, 0.15) is 5.82 Å². The van der Waals surface area contributed by atoms with Gasteiger partial charge in [-0.2, -0.15) is 22.7 Å². The molecule has 1 aromatic carbocycles. The smallest absolute Gasteiger partial charge is 0.336 e. The maximum atomic E-state index is 13.4. The molecule has 34 heavy (non-hydrogen) atoms. The SMILES string of the molecule is O=C(c1ccc(F)cc1C(F)(F)F)N1CCN(c2nc3nccc(-c4cccnc4)n3n2)CC1. The van der Waals surface area contributed by atoms with Gasteiger partial charge in [-0.25, -0.2) is 9.37 Å². The number of hydrogen-bond donors (Lipinski definition) is 0. The normalized spacial score (nSPS) is 14.6. The Morgan fingerprint density at radius 2 is 1.79 bits per heavy atom. The maximum absolute atomic E-state index is 13.4. The van der Waals surface area contributed by atoms with Gasteiger partial charge in [0, 0.05) is 50.3 Å². The molecule has 0 atom stereocenters. The summed E-state index contributed by atoms with van der Waals surface area (Å²) < 4.78 is 55.0. The van der Waals surface area contributed by atoms with Crippen molar-refractivity contribution in [3.05, 3.63) is 71.9 Å². The van der Waals surface area contributed by atoms with Crippen molar-refractivity contribution in [3.63, 3.8) is 0 Å². The van der Waals surface area contributed by atoms with Crippen LogP contribution in [0.25, 0.3) is 17.0 Å². The molecule has 0 bridgehead atoms. The third-order valence-electron chi connectivity index (χ3n) is 5.55. The number of nitrogens with zero attached hydrogens (tertiary/aromatic N) is 7. The van der Waals surface area contributed by atoms with E-state index in [0.717, 1.165) is 23.4 Å². The first-order valence-corrected chi connectivity index (χ1v) is 10.3. The fourth-order valence-corrected chi connectivity index (χ4v) is 3.87. The van der Waals surface area contributed by atoms with Crippen molar-refractivity contribution >= 4 is 17.6 Å². The molecule has 12 heteroatoms. The molecule has 0 saturated carbocycles. The number of pyridine rings is 1. The second-order valence-electron chi connectivity index (χ2n) is 7.66. The molecular formula is C22H17F4N7O. The van der Waals surface area contributed by atoms with Gasteiger partial charge in [-0.05, 0) is 36.4 Å². The van der Waals surface area contributed by atoms with Crippen LogP contribution in [-0.2, 0) is 6.18 Å². The van der Waals surface area contributed by atoms with Crippen molar-refractivity contribution in [2.24, 2.45) is 0 Å². The van der Waals surface area contributed by atoms with Crippen LogP contribution in [0, 0.1) is 5.82 Å². The highest BCUT2D eigenvalue weighted by Gasteiger charge is 2.37. The van der Waals surface area contributed by atoms with E-state index in [9.17, 15) is 22.4 Å². The van der Waals surface area contributed by atoms with Crippen molar-refractivity contribution in [1.82, 2.24) is 29.5 Å². The Bertz CT molecular complexity index is 1350. The minimum Gasteiger partial charge on any atom is -0.336 e. The molecule has 1 amide bonds. The van der Waals surface area contributed by atoms with E-state index in [1.54, 1.807) is 35.2 Å². The van der Waals surface area contributed by atoms with Gasteiger partial charge >= 0.3 is 6.18 Å². The van der Waals surface area contributed by atoms with Gasteiger partial charge in [-0.15, -0.1) is 5.10 Å². The number of anilines is 1. The zero-order chi connectivity index (χ0) is 23.9. The highest BCUT2D eigenvalue weighted by molar-refractivity contribution is 5.96. The van der Waals surface area contributed by atoms with Gasteiger partial charge < -0.3 is 9.80 Å². The number of amides is 1. The van der Waals surface area contributed by atoms with Gasteiger partial charge in [0.05, 0.1) is 16.8 Å². The van der Waals surface area contributed by atoms with E-state index in [1.165, 1.54) is 4.90 Å². The van der Waals surface area contributed by atoms with Crippen molar-refractivity contribution in [2.75, 3.05) is 31.1 Å². The third kappa shape index (κ3) is 4.02. The number of fused-ring (bicyclic) bond motifs is 1. The number of benzene rings is 1. The zero-order valence-electron chi connectivity index (χ0n) is 17.6. The number of carbonyl (C=O) groups excluding carboxylic acids is 1. The monoisotopic (exact) mass is 471 g/mol. The fourth-order valence-electron chi connectivity index (χ4n) is 3.87. The summed E-state index contributed by atoms with van der Waals surface area (Å²) >= 11 is 0. The van der Waals surface area contributed by atoms with Crippen molar-refractivity contribution < 1.29 is 22.4 Å². The van der Waals surface area contributed by atoms with Crippen molar-refractivity contribution in [2.45, 2.75) is 6.18 Å².